The highest BCUT2D eigenvalue weighted by Crippen LogP contribution is 2.33. The van der Waals surface area contributed by atoms with Crippen LogP contribution in [0.1, 0.15) is 15.9 Å². The third-order valence-corrected chi connectivity index (χ3v) is 4.08. The minimum atomic E-state index is -0.664. The van der Waals surface area contributed by atoms with E-state index in [1.807, 2.05) is 0 Å². The van der Waals surface area contributed by atoms with Crippen molar-refractivity contribution >= 4 is 44.9 Å². The van der Waals surface area contributed by atoms with Gasteiger partial charge in [0, 0.05) is 10.0 Å². The van der Waals surface area contributed by atoms with E-state index >= 15 is 0 Å². The lowest BCUT2D eigenvalue weighted by Gasteiger charge is -2.17. The number of ketones is 1. The van der Waals surface area contributed by atoms with E-state index in [0.29, 0.717) is 11.3 Å². The van der Waals surface area contributed by atoms with E-state index in [1.54, 1.807) is 24.3 Å². The van der Waals surface area contributed by atoms with Crippen LogP contribution >= 0.6 is 27.5 Å². The molecule has 3 nitrogen and oxygen atoms in total. The lowest BCUT2D eigenvalue weighted by Crippen LogP contribution is -2.29. The number of hydrogen-bond donors (Lipinski definition) is 0. The Hall–Kier alpha value is -1.72. The first-order valence-electron chi connectivity index (χ1n) is 6.07. The maximum Gasteiger partial charge on any atom is 0.299 e. The quantitative estimate of drug-likeness (QED) is 0.752. The molecular weight excluding hydrogens is 361 g/mol. The summed E-state index contributed by atoms with van der Waals surface area (Å²) in [5.41, 5.74) is 1.06. The molecule has 21 heavy (non-hydrogen) atoms. The molecule has 0 saturated carbocycles. The Morgan fingerprint density at radius 2 is 1.95 bits per heavy atom. The zero-order chi connectivity index (χ0) is 15.1. The smallest absolute Gasteiger partial charge is 0.299 e. The Labute approximate surface area is 133 Å². The van der Waals surface area contributed by atoms with Crippen LogP contribution in [-0.2, 0) is 11.3 Å². The number of Topliss-reactive ketones (excluding diaryl/α,β-unsaturated/α-hetero) is 1. The van der Waals surface area contributed by atoms with E-state index in [2.05, 4.69) is 15.9 Å². The highest BCUT2D eigenvalue weighted by molar-refractivity contribution is 9.10. The first kappa shape index (κ1) is 14.2. The second-order valence-corrected chi connectivity index (χ2v) is 5.92. The molecule has 2 aromatic carbocycles. The summed E-state index contributed by atoms with van der Waals surface area (Å²) in [4.78, 5) is 25.3. The molecule has 106 valence electrons. The molecule has 2 aromatic rings. The molecular formula is C15H8BrClFNO2. The highest BCUT2D eigenvalue weighted by atomic mass is 79.9. The molecule has 0 N–H and O–H groups in total. The first-order valence-corrected chi connectivity index (χ1v) is 7.25. The minimum absolute atomic E-state index is 0.0139. The van der Waals surface area contributed by atoms with Gasteiger partial charge in [0.25, 0.3) is 11.7 Å². The van der Waals surface area contributed by atoms with Gasteiger partial charge in [0.15, 0.2) is 0 Å². The van der Waals surface area contributed by atoms with Crippen LogP contribution in [-0.4, -0.2) is 11.7 Å². The van der Waals surface area contributed by atoms with E-state index in [0.717, 1.165) is 4.47 Å². The monoisotopic (exact) mass is 367 g/mol. The number of rotatable bonds is 2. The van der Waals surface area contributed by atoms with E-state index in [-0.39, 0.29) is 17.1 Å². The molecule has 0 saturated heterocycles. The van der Waals surface area contributed by atoms with Gasteiger partial charge in [-0.25, -0.2) is 4.39 Å². The molecule has 3 rings (SSSR count). The second-order valence-electron chi connectivity index (χ2n) is 4.59. The summed E-state index contributed by atoms with van der Waals surface area (Å²) in [6.07, 6.45) is 0. The molecule has 0 radical (unpaired) electrons. The van der Waals surface area contributed by atoms with E-state index in [1.165, 1.54) is 17.0 Å². The largest absolute Gasteiger partial charge is 0.300 e. The number of carbonyl (C=O) groups is 2. The third-order valence-electron chi connectivity index (χ3n) is 3.29. The van der Waals surface area contributed by atoms with Crippen molar-refractivity contribution in [2.75, 3.05) is 4.90 Å². The summed E-state index contributed by atoms with van der Waals surface area (Å²) in [6, 6.07) is 9.50. The van der Waals surface area contributed by atoms with Gasteiger partial charge < -0.3 is 4.90 Å². The number of amides is 1. The fraction of sp³-hybridized carbons (Fsp3) is 0.0667. The van der Waals surface area contributed by atoms with Crippen LogP contribution in [0.2, 0.25) is 5.02 Å². The molecule has 1 aliphatic rings. The van der Waals surface area contributed by atoms with Crippen LogP contribution in [0.5, 0.6) is 0 Å². The zero-order valence-corrected chi connectivity index (χ0v) is 12.9. The van der Waals surface area contributed by atoms with Gasteiger partial charge in [0.1, 0.15) is 5.82 Å². The Bertz CT molecular complexity index is 778. The molecule has 1 aliphatic heterocycles. The molecule has 0 fully saturated rings. The molecule has 0 aliphatic carbocycles. The standard InChI is InChI=1S/C15H8BrClFNO2/c16-9-4-5-10-12(6-9)19(15(21)14(10)20)7-8-2-1-3-11(17)13(8)18/h1-6H,7H2. The zero-order valence-electron chi connectivity index (χ0n) is 10.6. The SMILES string of the molecule is O=C1C(=O)N(Cc2cccc(Cl)c2F)c2cc(Br)ccc21. The number of halogens is 3. The Morgan fingerprint density at radius 1 is 1.19 bits per heavy atom. The van der Waals surface area contributed by atoms with Crippen molar-refractivity contribution in [3.05, 3.63) is 62.8 Å². The van der Waals surface area contributed by atoms with Crippen molar-refractivity contribution < 1.29 is 14.0 Å². The van der Waals surface area contributed by atoms with Crippen LogP contribution in [0.15, 0.2) is 40.9 Å². The van der Waals surface area contributed by atoms with Crippen molar-refractivity contribution in [1.82, 2.24) is 0 Å². The maximum atomic E-state index is 14.0. The molecule has 0 bridgehead atoms. The number of nitrogens with zero attached hydrogens (tertiary/aromatic N) is 1. The molecule has 0 spiro atoms. The number of anilines is 1. The van der Waals surface area contributed by atoms with Crippen LogP contribution < -0.4 is 4.90 Å². The van der Waals surface area contributed by atoms with Gasteiger partial charge in [-0.1, -0.05) is 39.7 Å². The molecule has 0 atom stereocenters. The highest BCUT2D eigenvalue weighted by Gasteiger charge is 2.36. The van der Waals surface area contributed by atoms with Gasteiger partial charge >= 0.3 is 0 Å². The minimum Gasteiger partial charge on any atom is -0.300 e. The summed E-state index contributed by atoms with van der Waals surface area (Å²) in [5.74, 6) is -1.83. The second kappa shape index (κ2) is 5.24. The number of benzene rings is 2. The molecule has 1 heterocycles. The van der Waals surface area contributed by atoms with Crippen LogP contribution in [0.4, 0.5) is 10.1 Å². The summed E-state index contributed by atoms with van der Waals surface area (Å²) in [6.45, 7) is -0.0413. The average molecular weight is 369 g/mol. The normalized spacial score (nSPS) is 13.8. The van der Waals surface area contributed by atoms with Gasteiger partial charge in [-0.2, -0.15) is 0 Å². The van der Waals surface area contributed by atoms with Crippen molar-refractivity contribution in [1.29, 1.82) is 0 Å². The van der Waals surface area contributed by atoms with Crippen LogP contribution in [0.3, 0.4) is 0 Å². The van der Waals surface area contributed by atoms with E-state index in [4.69, 9.17) is 11.6 Å². The predicted octanol–water partition coefficient (Wildman–Crippen LogP) is 3.97. The fourth-order valence-electron chi connectivity index (χ4n) is 2.27. The van der Waals surface area contributed by atoms with Crippen molar-refractivity contribution in [2.24, 2.45) is 0 Å². The molecule has 6 heteroatoms. The number of fused-ring (bicyclic) bond motifs is 1. The summed E-state index contributed by atoms with van der Waals surface area (Å²) in [7, 11) is 0. The topological polar surface area (TPSA) is 37.4 Å². The van der Waals surface area contributed by atoms with Crippen molar-refractivity contribution in [2.45, 2.75) is 6.54 Å². The Morgan fingerprint density at radius 3 is 2.71 bits per heavy atom. The van der Waals surface area contributed by atoms with E-state index in [9.17, 15) is 14.0 Å². The molecule has 1 amide bonds. The average Bonchev–Trinajstić information content (AvgIpc) is 2.68. The van der Waals surface area contributed by atoms with Gasteiger partial charge in [0.2, 0.25) is 0 Å². The lowest BCUT2D eigenvalue weighted by atomic mass is 10.1. The molecule has 0 unspecified atom stereocenters. The summed E-state index contributed by atoms with van der Waals surface area (Å²) >= 11 is 9.04. The van der Waals surface area contributed by atoms with Gasteiger partial charge in [-0.15, -0.1) is 0 Å². The first-order chi connectivity index (χ1) is 9.99. The van der Waals surface area contributed by atoms with Gasteiger partial charge in [0.05, 0.1) is 22.8 Å². The van der Waals surface area contributed by atoms with Crippen LogP contribution in [0, 0.1) is 5.82 Å². The van der Waals surface area contributed by atoms with Crippen molar-refractivity contribution in [3.63, 3.8) is 0 Å². The fourth-order valence-corrected chi connectivity index (χ4v) is 2.81. The number of carbonyl (C=O) groups excluding carboxylic acids is 2. The maximum absolute atomic E-state index is 14.0. The van der Waals surface area contributed by atoms with E-state index < -0.39 is 17.5 Å². The third kappa shape index (κ3) is 2.36. The predicted molar refractivity (Wildman–Crippen MR) is 81.1 cm³/mol. The summed E-state index contributed by atoms with van der Waals surface area (Å²) < 4.78 is 14.7. The van der Waals surface area contributed by atoms with Crippen molar-refractivity contribution in [3.8, 4) is 0 Å². The summed E-state index contributed by atoms with van der Waals surface area (Å²) in [5, 5.41) is -0.0139. The molecule has 0 aromatic heterocycles. The lowest BCUT2D eigenvalue weighted by molar-refractivity contribution is -0.114. The Kier molecular flexibility index (Phi) is 3.55. The van der Waals surface area contributed by atoms with Gasteiger partial charge in [-0.05, 0) is 24.3 Å². The van der Waals surface area contributed by atoms with Crippen LogP contribution in [0.25, 0.3) is 0 Å². The number of hydrogen-bond acceptors (Lipinski definition) is 2. The van der Waals surface area contributed by atoms with Gasteiger partial charge in [-0.3, -0.25) is 9.59 Å². The Balaban J connectivity index is 2.04.